The van der Waals surface area contributed by atoms with Gasteiger partial charge < -0.3 is 5.32 Å². The average molecular weight is 362 g/mol. The van der Waals surface area contributed by atoms with Crippen molar-refractivity contribution in [1.29, 1.82) is 0 Å². The molecule has 1 aliphatic carbocycles. The molecule has 2 aromatic carbocycles. The number of carbonyl (C=O) groups is 1. The van der Waals surface area contributed by atoms with E-state index < -0.39 is 0 Å². The second kappa shape index (κ2) is 7.79. The number of fused-ring (bicyclic) bond motifs is 1. The van der Waals surface area contributed by atoms with Crippen molar-refractivity contribution in [1.82, 2.24) is 5.32 Å². The summed E-state index contributed by atoms with van der Waals surface area (Å²) < 4.78 is 0. The fraction of sp³-hybridized carbons (Fsp3) is 0.450. The Hall–Kier alpha value is -1.19. The number of carbonyl (C=O) groups excluding carboxylic acids is 1. The molecule has 3 rings (SSSR count). The molecule has 4 heteroatoms. The zero-order chi connectivity index (χ0) is 17.1. The van der Waals surface area contributed by atoms with Gasteiger partial charge in [-0.05, 0) is 35.8 Å². The van der Waals surface area contributed by atoms with Gasteiger partial charge in [0, 0.05) is 21.3 Å². The van der Waals surface area contributed by atoms with Crippen LogP contribution in [0.15, 0.2) is 41.3 Å². The molecule has 0 heterocycles. The predicted molar refractivity (Wildman–Crippen MR) is 104 cm³/mol. The molecule has 0 bridgehead atoms. The van der Waals surface area contributed by atoms with E-state index in [0.29, 0.717) is 23.6 Å². The van der Waals surface area contributed by atoms with Crippen LogP contribution in [0.3, 0.4) is 0 Å². The van der Waals surface area contributed by atoms with E-state index in [1.807, 2.05) is 24.3 Å². The normalized spacial score (nSPS) is 24.0. The van der Waals surface area contributed by atoms with Crippen molar-refractivity contribution in [2.24, 2.45) is 11.8 Å². The molecule has 24 heavy (non-hydrogen) atoms. The summed E-state index contributed by atoms with van der Waals surface area (Å²) in [5.41, 5.74) is 0. The van der Waals surface area contributed by atoms with Crippen LogP contribution in [0.4, 0.5) is 0 Å². The van der Waals surface area contributed by atoms with Gasteiger partial charge in [0.05, 0.1) is 5.75 Å². The highest BCUT2D eigenvalue weighted by molar-refractivity contribution is 8.00. The second-order valence-corrected chi connectivity index (χ2v) is 8.25. The molecule has 1 fully saturated rings. The summed E-state index contributed by atoms with van der Waals surface area (Å²) in [6, 6.07) is 12.3. The maximum Gasteiger partial charge on any atom is 0.230 e. The number of thioether (sulfide) groups is 1. The molecule has 1 N–H and O–H groups in total. The highest BCUT2D eigenvalue weighted by atomic mass is 35.5. The maximum atomic E-state index is 12.4. The lowest BCUT2D eigenvalue weighted by Crippen LogP contribution is -2.44. The molecule has 1 saturated carbocycles. The fourth-order valence-corrected chi connectivity index (χ4v) is 4.82. The van der Waals surface area contributed by atoms with E-state index in [1.165, 1.54) is 12.8 Å². The van der Waals surface area contributed by atoms with Gasteiger partial charge in [0.25, 0.3) is 0 Å². The highest BCUT2D eigenvalue weighted by Gasteiger charge is 2.28. The first-order chi connectivity index (χ1) is 11.6. The van der Waals surface area contributed by atoms with Crippen LogP contribution < -0.4 is 5.32 Å². The topological polar surface area (TPSA) is 29.1 Å². The summed E-state index contributed by atoms with van der Waals surface area (Å²) in [7, 11) is 0. The minimum absolute atomic E-state index is 0.120. The molecule has 0 aliphatic heterocycles. The van der Waals surface area contributed by atoms with Crippen LogP contribution >= 0.6 is 23.4 Å². The van der Waals surface area contributed by atoms with Gasteiger partial charge in [0.15, 0.2) is 0 Å². The Morgan fingerprint density at radius 3 is 2.75 bits per heavy atom. The summed E-state index contributed by atoms with van der Waals surface area (Å²) >= 11 is 7.92. The minimum atomic E-state index is 0.120. The van der Waals surface area contributed by atoms with Crippen molar-refractivity contribution >= 4 is 40.0 Å². The average Bonchev–Trinajstić information content (AvgIpc) is 2.57. The van der Waals surface area contributed by atoms with Crippen LogP contribution in [-0.4, -0.2) is 17.7 Å². The van der Waals surface area contributed by atoms with E-state index in [4.69, 9.17) is 11.6 Å². The molecule has 2 aromatic rings. The van der Waals surface area contributed by atoms with Crippen molar-refractivity contribution in [2.75, 3.05) is 5.75 Å². The number of amides is 1. The monoisotopic (exact) mass is 361 g/mol. The highest BCUT2D eigenvalue weighted by Crippen LogP contribution is 2.33. The third-order valence-corrected chi connectivity index (χ3v) is 6.60. The summed E-state index contributed by atoms with van der Waals surface area (Å²) in [4.78, 5) is 13.5. The Bertz CT molecular complexity index is 727. The molecular weight excluding hydrogens is 338 g/mol. The van der Waals surface area contributed by atoms with Gasteiger partial charge in [-0.3, -0.25) is 4.79 Å². The zero-order valence-electron chi connectivity index (χ0n) is 14.2. The molecule has 0 radical (unpaired) electrons. The molecule has 0 spiro atoms. The molecule has 1 amide bonds. The van der Waals surface area contributed by atoms with E-state index in [-0.39, 0.29) is 5.91 Å². The molecule has 0 aromatic heterocycles. The van der Waals surface area contributed by atoms with Gasteiger partial charge in [0.2, 0.25) is 5.91 Å². The minimum Gasteiger partial charge on any atom is -0.352 e. The van der Waals surface area contributed by atoms with Crippen molar-refractivity contribution in [3.8, 4) is 0 Å². The molecule has 128 valence electrons. The first kappa shape index (κ1) is 17.6. The molecular formula is C20H24ClNOS. The molecule has 3 atom stereocenters. The number of hydrogen-bond acceptors (Lipinski definition) is 2. The van der Waals surface area contributed by atoms with E-state index in [9.17, 15) is 4.79 Å². The van der Waals surface area contributed by atoms with Gasteiger partial charge in [-0.15, -0.1) is 11.8 Å². The smallest absolute Gasteiger partial charge is 0.230 e. The Morgan fingerprint density at radius 1 is 1.21 bits per heavy atom. The Labute approximate surface area is 153 Å². The Morgan fingerprint density at radius 2 is 1.96 bits per heavy atom. The predicted octanol–water partition coefficient (Wildman–Crippen LogP) is 5.53. The molecule has 2 nitrogen and oxygen atoms in total. The van der Waals surface area contributed by atoms with Gasteiger partial charge in [-0.1, -0.05) is 62.6 Å². The van der Waals surface area contributed by atoms with Gasteiger partial charge >= 0.3 is 0 Å². The van der Waals surface area contributed by atoms with Crippen molar-refractivity contribution in [3.63, 3.8) is 0 Å². The van der Waals surface area contributed by atoms with Crippen LogP contribution in [0.5, 0.6) is 0 Å². The van der Waals surface area contributed by atoms with Gasteiger partial charge in [-0.2, -0.15) is 0 Å². The van der Waals surface area contributed by atoms with Crippen LogP contribution in [-0.2, 0) is 4.79 Å². The fourth-order valence-electron chi connectivity index (χ4n) is 3.56. The van der Waals surface area contributed by atoms with Crippen molar-refractivity contribution in [3.05, 3.63) is 41.4 Å². The van der Waals surface area contributed by atoms with Crippen LogP contribution in [0.25, 0.3) is 10.8 Å². The van der Waals surface area contributed by atoms with Crippen molar-refractivity contribution < 1.29 is 4.79 Å². The van der Waals surface area contributed by atoms with Crippen LogP contribution in [0.2, 0.25) is 5.02 Å². The lowest BCUT2D eigenvalue weighted by molar-refractivity contribution is -0.119. The second-order valence-electron chi connectivity index (χ2n) is 6.82. The number of hydrogen-bond donors (Lipinski definition) is 1. The number of benzene rings is 2. The molecule has 0 saturated heterocycles. The zero-order valence-corrected chi connectivity index (χ0v) is 15.8. The number of rotatable bonds is 4. The van der Waals surface area contributed by atoms with E-state index >= 15 is 0 Å². The largest absolute Gasteiger partial charge is 0.352 e. The first-order valence-corrected chi connectivity index (χ1v) is 10.0. The summed E-state index contributed by atoms with van der Waals surface area (Å²) in [6.07, 6.45) is 3.58. The summed E-state index contributed by atoms with van der Waals surface area (Å²) in [5.74, 6) is 1.80. The van der Waals surface area contributed by atoms with Crippen LogP contribution in [0, 0.1) is 11.8 Å². The first-order valence-electron chi connectivity index (χ1n) is 8.65. The van der Waals surface area contributed by atoms with E-state index in [1.54, 1.807) is 11.8 Å². The standard InChI is InChI=1S/C20H24ClNOS/c1-13-6-3-10-17(14(13)2)22-19(23)12-24-18-11-5-8-15-7-4-9-16(21)20(15)18/h4-5,7-9,11,13-14,17H,3,6,10,12H2,1-2H3,(H,22,23)/t13-,14-,17-/m1/s1. The molecule has 1 aliphatic rings. The van der Waals surface area contributed by atoms with E-state index in [2.05, 4.69) is 31.3 Å². The lowest BCUT2D eigenvalue weighted by Gasteiger charge is -2.34. The Balaban J connectivity index is 1.65. The quantitative estimate of drug-likeness (QED) is 0.726. The molecule has 0 unspecified atom stereocenters. The van der Waals surface area contributed by atoms with Crippen molar-refractivity contribution in [2.45, 2.75) is 44.0 Å². The number of halogens is 1. The third kappa shape index (κ3) is 3.89. The van der Waals surface area contributed by atoms with Gasteiger partial charge in [-0.25, -0.2) is 0 Å². The lowest BCUT2D eigenvalue weighted by atomic mass is 9.78. The summed E-state index contributed by atoms with van der Waals surface area (Å²) in [5, 5.41) is 6.14. The SMILES string of the molecule is C[C@@H]1[C@H](C)CCC[C@H]1NC(=O)CSc1cccc2cccc(Cl)c12. The van der Waals surface area contributed by atoms with Gasteiger partial charge in [0.1, 0.15) is 0 Å². The maximum absolute atomic E-state index is 12.4. The van der Waals surface area contributed by atoms with E-state index in [0.717, 1.165) is 27.1 Å². The Kier molecular flexibility index (Phi) is 5.72. The van der Waals surface area contributed by atoms with Crippen LogP contribution in [0.1, 0.15) is 33.1 Å². The third-order valence-electron chi connectivity index (χ3n) is 5.23. The summed E-state index contributed by atoms with van der Waals surface area (Å²) in [6.45, 7) is 4.54. The number of nitrogens with one attached hydrogen (secondary N) is 1.